The molecule has 0 amide bonds. The van der Waals surface area contributed by atoms with Gasteiger partial charge in [-0.3, -0.25) is 0 Å². The molecule has 0 aliphatic rings. The molecule has 0 saturated heterocycles. The molecule has 2 heteroatoms. The number of fused-ring (bicyclic) bond motifs is 4. The lowest BCUT2D eigenvalue weighted by Gasteiger charge is -2.07. The monoisotopic (exact) mass is 383 g/mol. The van der Waals surface area contributed by atoms with Crippen LogP contribution in [0.1, 0.15) is 32.2 Å². The quantitative estimate of drug-likeness (QED) is 0.285. The molecule has 0 bridgehead atoms. The van der Waals surface area contributed by atoms with E-state index in [0.717, 1.165) is 5.56 Å². The summed E-state index contributed by atoms with van der Waals surface area (Å²) in [5.41, 5.74) is 4.86. The van der Waals surface area contributed by atoms with Crippen molar-refractivity contribution in [3.05, 3.63) is 78.0 Å². The fourth-order valence-electron chi connectivity index (χ4n) is 4.05. The predicted molar refractivity (Wildman–Crippen MR) is 122 cm³/mol. The van der Waals surface area contributed by atoms with Crippen molar-refractivity contribution in [3.8, 4) is 11.3 Å². The molecule has 0 fully saturated rings. The van der Waals surface area contributed by atoms with Gasteiger partial charge in [-0.2, -0.15) is 4.57 Å². The normalized spacial score (nSPS) is 12.8. The third-order valence-electron chi connectivity index (χ3n) is 5.68. The first-order chi connectivity index (χ1) is 13.8. The van der Waals surface area contributed by atoms with Crippen LogP contribution in [0, 0.1) is 6.92 Å². The Morgan fingerprint density at radius 3 is 2.46 bits per heavy atom. The summed E-state index contributed by atoms with van der Waals surface area (Å²) in [5.74, 6) is -0.584. The van der Waals surface area contributed by atoms with Gasteiger partial charge in [0.1, 0.15) is 7.05 Å². The van der Waals surface area contributed by atoms with Crippen LogP contribution in [0.2, 0.25) is 0 Å². The van der Waals surface area contributed by atoms with Crippen molar-refractivity contribution >= 4 is 42.3 Å². The van der Waals surface area contributed by atoms with E-state index in [1.54, 1.807) is 0 Å². The maximum atomic E-state index is 8.34. The SMILES string of the molecule is [2H]C(C)(C)c1ccc2cc3c(cc2c1)sc1c[n+](C)c(-c2ccccc2C)cc13. The van der Waals surface area contributed by atoms with Crippen molar-refractivity contribution in [2.45, 2.75) is 26.7 Å². The molecule has 0 aliphatic carbocycles. The van der Waals surface area contributed by atoms with Gasteiger partial charge in [0.2, 0.25) is 5.69 Å². The number of hydrogen-bond donors (Lipinski definition) is 0. The van der Waals surface area contributed by atoms with Crippen molar-refractivity contribution in [2.24, 2.45) is 7.05 Å². The van der Waals surface area contributed by atoms with E-state index in [1.165, 1.54) is 47.8 Å². The minimum absolute atomic E-state index is 0.584. The standard InChI is InChI=1S/C26H24NS/c1-16(2)18-9-10-19-12-22-23-14-24(21-8-6-5-7-17(21)3)27(4)15-26(23)28-25(22)13-20(19)11-18/h5-16H,1-4H3/q+1/i16D. The third kappa shape index (κ3) is 2.71. The average molecular weight is 384 g/mol. The zero-order chi connectivity index (χ0) is 20.3. The fraction of sp³-hybridized carbons (Fsp3) is 0.192. The highest BCUT2D eigenvalue weighted by atomic mass is 32.1. The fourth-order valence-corrected chi connectivity index (χ4v) is 5.24. The van der Waals surface area contributed by atoms with Crippen LogP contribution in [-0.2, 0) is 7.05 Å². The van der Waals surface area contributed by atoms with Gasteiger partial charge in [-0.25, -0.2) is 0 Å². The van der Waals surface area contributed by atoms with Crippen LogP contribution >= 0.6 is 11.3 Å². The van der Waals surface area contributed by atoms with Gasteiger partial charge in [-0.1, -0.05) is 50.2 Å². The maximum absolute atomic E-state index is 8.34. The Morgan fingerprint density at radius 1 is 0.893 bits per heavy atom. The summed E-state index contributed by atoms with van der Waals surface area (Å²) >= 11 is 1.84. The summed E-state index contributed by atoms with van der Waals surface area (Å²) in [6, 6.07) is 21.9. The summed E-state index contributed by atoms with van der Waals surface area (Å²) in [7, 11) is 2.13. The highest BCUT2D eigenvalue weighted by molar-refractivity contribution is 7.25. The largest absolute Gasteiger partial charge is 0.213 e. The van der Waals surface area contributed by atoms with E-state index in [9.17, 15) is 0 Å². The molecule has 0 unspecified atom stereocenters. The second-order valence-electron chi connectivity index (χ2n) is 7.87. The van der Waals surface area contributed by atoms with E-state index in [-0.39, 0.29) is 0 Å². The number of nitrogens with zero attached hydrogens (tertiary/aromatic N) is 1. The van der Waals surface area contributed by atoms with Gasteiger partial charge in [0.25, 0.3) is 0 Å². The molecular weight excluding hydrogens is 358 g/mol. The van der Waals surface area contributed by atoms with Crippen LogP contribution in [-0.4, -0.2) is 0 Å². The Balaban J connectivity index is 1.78. The van der Waals surface area contributed by atoms with Crippen molar-refractivity contribution in [2.75, 3.05) is 0 Å². The lowest BCUT2D eigenvalue weighted by molar-refractivity contribution is -0.659. The molecule has 0 spiro atoms. The second kappa shape index (κ2) is 6.42. The van der Waals surface area contributed by atoms with Crippen LogP contribution in [0.15, 0.2) is 66.9 Å². The summed E-state index contributed by atoms with van der Waals surface area (Å²) < 4.78 is 13.2. The first-order valence-electron chi connectivity index (χ1n) is 10.2. The zero-order valence-electron chi connectivity index (χ0n) is 17.7. The van der Waals surface area contributed by atoms with E-state index in [4.69, 9.17) is 1.37 Å². The lowest BCUT2D eigenvalue weighted by atomic mass is 9.98. The Hall–Kier alpha value is -2.71. The van der Waals surface area contributed by atoms with E-state index in [2.05, 4.69) is 85.4 Å². The molecule has 2 heterocycles. The van der Waals surface area contributed by atoms with Gasteiger partial charge in [0.05, 0.1) is 4.70 Å². The highest BCUT2D eigenvalue weighted by Gasteiger charge is 2.17. The van der Waals surface area contributed by atoms with Crippen LogP contribution < -0.4 is 4.57 Å². The Bertz CT molecular complexity index is 1410. The molecule has 5 aromatic rings. The predicted octanol–water partition coefficient (Wildman–Crippen LogP) is 7.13. The molecule has 5 rings (SSSR count). The van der Waals surface area contributed by atoms with Gasteiger partial charge in [0.15, 0.2) is 6.20 Å². The van der Waals surface area contributed by atoms with Gasteiger partial charge in [0, 0.05) is 28.5 Å². The van der Waals surface area contributed by atoms with E-state index < -0.39 is 5.89 Å². The Morgan fingerprint density at radius 2 is 1.68 bits per heavy atom. The van der Waals surface area contributed by atoms with Crippen molar-refractivity contribution in [3.63, 3.8) is 0 Å². The van der Waals surface area contributed by atoms with E-state index in [0.29, 0.717) is 0 Å². The molecule has 2 aromatic heterocycles. The minimum atomic E-state index is -0.584. The summed E-state index contributed by atoms with van der Waals surface area (Å²) in [6.45, 7) is 6.06. The lowest BCUT2D eigenvalue weighted by Crippen LogP contribution is -2.30. The Labute approximate surface area is 171 Å². The molecule has 0 aliphatic heterocycles. The molecule has 0 N–H and O–H groups in total. The average Bonchev–Trinajstić information content (AvgIpc) is 3.01. The number of aromatic nitrogens is 1. The summed E-state index contributed by atoms with van der Waals surface area (Å²) in [5, 5.41) is 5.07. The zero-order valence-corrected chi connectivity index (χ0v) is 17.5. The molecular formula is C26H24NS+. The van der Waals surface area contributed by atoms with Gasteiger partial charge in [-0.15, -0.1) is 11.3 Å². The van der Waals surface area contributed by atoms with Gasteiger partial charge < -0.3 is 0 Å². The van der Waals surface area contributed by atoms with Crippen LogP contribution in [0.3, 0.4) is 0 Å². The van der Waals surface area contributed by atoms with Crippen molar-refractivity contribution in [1.82, 2.24) is 0 Å². The number of aryl methyl sites for hydroxylation is 2. The van der Waals surface area contributed by atoms with Crippen LogP contribution in [0.4, 0.5) is 0 Å². The van der Waals surface area contributed by atoms with E-state index in [1.807, 2.05) is 25.2 Å². The third-order valence-corrected chi connectivity index (χ3v) is 6.79. The Kier molecular flexibility index (Phi) is 3.73. The molecule has 1 nitrogen and oxygen atoms in total. The molecule has 3 aromatic carbocycles. The maximum Gasteiger partial charge on any atom is 0.213 e. The summed E-state index contributed by atoms with van der Waals surface area (Å²) in [4.78, 5) is 0. The molecule has 138 valence electrons. The first kappa shape index (κ1) is 16.3. The van der Waals surface area contributed by atoms with Gasteiger partial charge in [-0.05, 0) is 52.9 Å². The second-order valence-corrected chi connectivity index (χ2v) is 8.96. The first-order valence-corrected chi connectivity index (χ1v) is 10.5. The number of benzene rings is 3. The minimum Gasteiger partial charge on any atom is -0.200 e. The van der Waals surface area contributed by atoms with Crippen LogP contribution in [0.5, 0.6) is 0 Å². The topological polar surface area (TPSA) is 3.88 Å². The van der Waals surface area contributed by atoms with Gasteiger partial charge >= 0.3 is 0 Å². The smallest absolute Gasteiger partial charge is 0.200 e. The van der Waals surface area contributed by atoms with Crippen LogP contribution in [0.25, 0.3) is 42.2 Å². The number of rotatable bonds is 2. The van der Waals surface area contributed by atoms with E-state index >= 15 is 0 Å². The van der Waals surface area contributed by atoms with Crippen molar-refractivity contribution in [1.29, 1.82) is 0 Å². The molecule has 28 heavy (non-hydrogen) atoms. The number of thiophene rings is 1. The number of hydrogen-bond acceptors (Lipinski definition) is 1. The molecule has 0 radical (unpaired) electrons. The highest BCUT2D eigenvalue weighted by Crippen LogP contribution is 2.38. The summed E-state index contributed by atoms with van der Waals surface area (Å²) in [6.07, 6.45) is 2.25. The molecule has 0 atom stereocenters. The molecule has 0 saturated carbocycles. The number of pyridine rings is 1. The van der Waals surface area contributed by atoms with Crippen molar-refractivity contribution < 1.29 is 5.94 Å².